The Kier molecular flexibility index (Phi) is 6.80. The lowest BCUT2D eigenvalue weighted by Gasteiger charge is -2.36. The Balaban J connectivity index is 1.78. The first kappa shape index (κ1) is 23.0. The zero-order chi connectivity index (χ0) is 22.0. The van der Waals surface area contributed by atoms with Gasteiger partial charge < -0.3 is 24.8 Å². The number of carbonyl (C=O) groups excluding carboxylic acids is 4. The molecule has 0 aromatic carbocycles. The molecule has 2 fully saturated rings. The molecule has 2 aliphatic rings. The predicted molar refractivity (Wildman–Crippen MR) is 107 cm³/mol. The molecule has 164 valence electrons. The van der Waals surface area contributed by atoms with Gasteiger partial charge in [-0.15, -0.1) is 0 Å². The Morgan fingerprint density at radius 1 is 1.00 bits per heavy atom. The van der Waals surface area contributed by atoms with E-state index >= 15 is 0 Å². The number of amides is 4. The van der Waals surface area contributed by atoms with E-state index in [1.807, 2.05) is 20.8 Å². The molecule has 0 aromatic heterocycles. The molecule has 0 saturated carbocycles. The molecule has 0 aliphatic carbocycles. The van der Waals surface area contributed by atoms with Crippen LogP contribution in [0.1, 0.15) is 48.0 Å². The van der Waals surface area contributed by atoms with E-state index < -0.39 is 11.7 Å². The second kappa shape index (κ2) is 8.59. The van der Waals surface area contributed by atoms with Gasteiger partial charge in [-0.3, -0.25) is 14.4 Å². The molecule has 29 heavy (non-hydrogen) atoms. The summed E-state index contributed by atoms with van der Waals surface area (Å²) in [4.78, 5) is 54.1. The van der Waals surface area contributed by atoms with Crippen LogP contribution >= 0.6 is 0 Å². The number of ether oxygens (including phenoxy) is 1. The van der Waals surface area contributed by atoms with Gasteiger partial charge in [-0.2, -0.15) is 0 Å². The first-order valence-electron chi connectivity index (χ1n) is 10.1. The average Bonchev–Trinajstić information content (AvgIpc) is 3.00. The summed E-state index contributed by atoms with van der Waals surface area (Å²) in [5.41, 5.74) is -0.915. The third-order valence-corrected chi connectivity index (χ3v) is 5.01. The highest BCUT2D eigenvalue weighted by atomic mass is 16.6. The molecule has 1 unspecified atom stereocenters. The van der Waals surface area contributed by atoms with Crippen LogP contribution in [0.5, 0.6) is 0 Å². The number of carbonyl (C=O) groups is 4. The zero-order valence-electron chi connectivity index (χ0n) is 18.4. The fourth-order valence-corrected chi connectivity index (χ4v) is 3.53. The second-order valence-electron chi connectivity index (χ2n) is 9.64. The Labute approximate surface area is 172 Å². The summed E-state index contributed by atoms with van der Waals surface area (Å²) in [6.07, 6.45) is -0.385. The zero-order valence-corrected chi connectivity index (χ0v) is 18.4. The number of hydrogen-bond acceptors (Lipinski definition) is 5. The van der Waals surface area contributed by atoms with Crippen LogP contribution in [-0.2, 0) is 19.1 Å². The van der Waals surface area contributed by atoms with Gasteiger partial charge >= 0.3 is 6.09 Å². The molecule has 0 bridgehead atoms. The summed E-state index contributed by atoms with van der Waals surface area (Å²) in [7, 11) is 0. The molecule has 1 atom stereocenters. The van der Waals surface area contributed by atoms with Crippen LogP contribution in [-0.4, -0.2) is 88.9 Å². The smallest absolute Gasteiger partial charge is 0.408 e. The minimum absolute atomic E-state index is 0.0119. The topological polar surface area (TPSA) is 99.3 Å². The molecule has 0 aromatic rings. The van der Waals surface area contributed by atoms with Crippen LogP contribution in [0, 0.1) is 5.92 Å². The van der Waals surface area contributed by atoms with Crippen LogP contribution in [0.2, 0.25) is 0 Å². The van der Waals surface area contributed by atoms with Crippen molar-refractivity contribution in [1.29, 1.82) is 0 Å². The van der Waals surface area contributed by atoms with Crippen LogP contribution in [0.4, 0.5) is 4.79 Å². The maximum absolute atomic E-state index is 12.8. The minimum atomic E-state index is -0.631. The summed E-state index contributed by atoms with van der Waals surface area (Å²) in [6, 6.07) is 0. The molecule has 2 heterocycles. The molecule has 0 radical (unpaired) electrons. The normalized spacial score (nSPS) is 20.7. The molecule has 9 heteroatoms. The van der Waals surface area contributed by atoms with Gasteiger partial charge in [-0.25, -0.2) is 4.79 Å². The fourth-order valence-electron chi connectivity index (χ4n) is 3.53. The second-order valence-corrected chi connectivity index (χ2v) is 9.64. The minimum Gasteiger partial charge on any atom is -0.444 e. The van der Waals surface area contributed by atoms with Crippen molar-refractivity contribution in [3.63, 3.8) is 0 Å². The van der Waals surface area contributed by atoms with Crippen LogP contribution in [0.15, 0.2) is 0 Å². The summed E-state index contributed by atoms with van der Waals surface area (Å²) < 4.78 is 5.12. The molecule has 9 nitrogen and oxygen atoms in total. The van der Waals surface area contributed by atoms with Gasteiger partial charge in [0, 0.05) is 44.7 Å². The van der Waals surface area contributed by atoms with Gasteiger partial charge in [0.15, 0.2) is 0 Å². The van der Waals surface area contributed by atoms with Crippen molar-refractivity contribution in [1.82, 2.24) is 20.0 Å². The highest BCUT2D eigenvalue weighted by molar-refractivity contribution is 5.90. The molecule has 2 rings (SSSR count). The van der Waals surface area contributed by atoms with Gasteiger partial charge in [0.2, 0.25) is 17.7 Å². The molecule has 2 aliphatic heterocycles. The van der Waals surface area contributed by atoms with E-state index in [1.165, 1.54) is 0 Å². The number of rotatable bonds is 3. The van der Waals surface area contributed by atoms with Gasteiger partial charge in [0.25, 0.3) is 0 Å². The summed E-state index contributed by atoms with van der Waals surface area (Å²) in [6.45, 7) is 13.1. The van der Waals surface area contributed by atoms with E-state index in [0.717, 1.165) is 0 Å². The van der Waals surface area contributed by atoms with Gasteiger partial charge in [-0.05, 0) is 41.5 Å². The lowest BCUT2D eigenvalue weighted by atomic mass is 10.1. The summed E-state index contributed by atoms with van der Waals surface area (Å²) >= 11 is 0. The number of alkyl carbamates (subject to hydrolysis) is 1. The third-order valence-electron chi connectivity index (χ3n) is 5.01. The average molecular weight is 411 g/mol. The summed E-state index contributed by atoms with van der Waals surface area (Å²) in [5, 5.41) is 2.46. The standard InChI is InChI=1S/C20H34N4O5/c1-19(2,3)24-13-14(11-15(24)25)17(27)23-9-7-22(8-10-23)16(26)12-21-18(28)29-20(4,5)6/h14H,7-13H2,1-6H3,(H,21,28). The molecule has 1 N–H and O–H groups in total. The molecular weight excluding hydrogens is 376 g/mol. The third kappa shape index (κ3) is 6.33. The van der Waals surface area contributed by atoms with E-state index in [-0.39, 0.29) is 42.1 Å². The quantitative estimate of drug-likeness (QED) is 0.743. The number of nitrogens with zero attached hydrogens (tertiary/aromatic N) is 3. The number of nitrogens with one attached hydrogen (secondary N) is 1. The number of piperazine rings is 1. The number of hydrogen-bond donors (Lipinski definition) is 1. The Hall–Kier alpha value is -2.32. The van der Waals surface area contributed by atoms with E-state index in [1.54, 1.807) is 35.5 Å². The largest absolute Gasteiger partial charge is 0.444 e. The predicted octanol–water partition coefficient (Wildman–Crippen LogP) is 0.829. The van der Waals surface area contributed by atoms with Crippen molar-refractivity contribution in [2.45, 2.75) is 59.1 Å². The van der Waals surface area contributed by atoms with Gasteiger partial charge in [0.05, 0.1) is 5.92 Å². The fraction of sp³-hybridized carbons (Fsp3) is 0.800. The van der Waals surface area contributed by atoms with Crippen LogP contribution < -0.4 is 5.32 Å². The highest BCUT2D eigenvalue weighted by Crippen LogP contribution is 2.27. The van der Waals surface area contributed by atoms with Crippen molar-refractivity contribution < 1.29 is 23.9 Å². The molecule has 2 saturated heterocycles. The van der Waals surface area contributed by atoms with Crippen molar-refractivity contribution in [2.24, 2.45) is 5.92 Å². The first-order chi connectivity index (χ1) is 13.3. The van der Waals surface area contributed by atoms with E-state index in [4.69, 9.17) is 4.74 Å². The first-order valence-corrected chi connectivity index (χ1v) is 10.1. The Bertz CT molecular complexity index is 657. The van der Waals surface area contributed by atoms with Crippen molar-refractivity contribution >= 4 is 23.8 Å². The van der Waals surface area contributed by atoms with Crippen molar-refractivity contribution in [2.75, 3.05) is 39.3 Å². The van der Waals surface area contributed by atoms with Crippen molar-refractivity contribution in [3.8, 4) is 0 Å². The lowest BCUT2D eigenvalue weighted by molar-refractivity contribution is -0.141. The molecular formula is C20H34N4O5. The maximum atomic E-state index is 12.8. The maximum Gasteiger partial charge on any atom is 0.408 e. The van der Waals surface area contributed by atoms with Crippen molar-refractivity contribution in [3.05, 3.63) is 0 Å². The monoisotopic (exact) mass is 410 g/mol. The molecule has 4 amide bonds. The number of likely N-dealkylation sites (tertiary alicyclic amines) is 1. The molecule has 0 spiro atoms. The van der Waals surface area contributed by atoms with Gasteiger partial charge in [-0.1, -0.05) is 0 Å². The van der Waals surface area contributed by atoms with E-state index in [0.29, 0.717) is 32.7 Å². The summed E-state index contributed by atoms with van der Waals surface area (Å²) in [5.74, 6) is -0.544. The SMILES string of the molecule is CC(C)(C)OC(=O)NCC(=O)N1CCN(C(=O)C2CC(=O)N(C(C)(C)C)C2)CC1. The van der Waals surface area contributed by atoms with Gasteiger partial charge in [0.1, 0.15) is 12.1 Å². The van der Waals surface area contributed by atoms with Crippen LogP contribution in [0.3, 0.4) is 0 Å². The van der Waals surface area contributed by atoms with Crippen LogP contribution in [0.25, 0.3) is 0 Å². The highest BCUT2D eigenvalue weighted by Gasteiger charge is 2.41. The van der Waals surface area contributed by atoms with E-state index in [9.17, 15) is 19.2 Å². The Morgan fingerprint density at radius 2 is 1.55 bits per heavy atom. The lowest BCUT2D eigenvalue weighted by Crippen LogP contribution is -2.54. The Morgan fingerprint density at radius 3 is 2.03 bits per heavy atom. The van der Waals surface area contributed by atoms with E-state index in [2.05, 4.69) is 5.32 Å².